The predicted molar refractivity (Wildman–Crippen MR) is 83.0 cm³/mol. The van der Waals surface area contributed by atoms with Gasteiger partial charge in [0.25, 0.3) is 0 Å². The molecule has 0 spiro atoms. The van der Waals surface area contributed by atoms with Crippen molar-refractivity contribution in [2.24, 2.45) is 17.6 Å². The van der Waals surface area contributed by atoms with Crippen LogP contribution in [0.2, 0.25) is 0 Å². The van der Waals surface area contributed by atoms with Crippen molar-refractivity contribution in [3.05, 3.63) is 0 Å². The summed E-state index contributed by atoms with van der Waals surface area (Å²) in [6.45, 7) is 6.89. The first-order valence-corrected chi connectivity index (χ1v) is 7.45. The molecule has 0 aromatic carbocycles. The maximum absolute atomic E-state index is 12.2. The first-order valence-electron chi connectivity index (χ1n) is 6.81. The third-order valence-electron chi connectivity index (χ3n) is 3.01. The van der Waals surface area contributed by atoms with Crippen molar-refractivity contribution < 1.29 is 19.5 Å². The molecule has 21 heavy (non-hydrogen) atoms. The van der Waals surface area contributed by atoms with E-state index in [2.05, 4.69) is 23.3 Å². The van der Waals surface area contributed by atoms with Crippen molar-refractivity contribution in [1.82, 2.24) is 10.6 Å². The number of thiol groups is 1. The molecular formula is C13H25N3O4S. The van der Waals surface area contributed by atoms with Crippen molar-refractivity contribution in [2.75, 3.05) is 5.75 Å². The molecule has 0 saturated heterocycles. The lowest BCUT2D eigenvalue weighted by atomic mass is 10.00. The Morgan fingerprint density at radius 2 is 1.43 bits per heavy atom. The molecule has 7 nitrogen and oxygen atoms in total. The number of carboxylic acid groups (broad SMARTS) is 1. The molecule has 0 aliphatic rings. The van der Waals surface area contributed by atoms with Gasteiger partial charge in [-0.3, -0.25) is 9.59 Å². The van der Waals surface area contributed by atoms with Crippen LogP contribution in [0.4, 0.5) is 0 Å². The topological polar surface area (TPSA) is 122 Å². The third-order valence-corrected chi connectivity index (χ3v) is 3.40. The number of amides is 2. The fraction of sp³-hybridized carbons (Fsp3) is 0.769. The molecule has 0 unspecified atom stereocenters. The lowest BCUT2D eigenvalue weighted by Gasteiger charge is -2.26. The van der Waals surface area contributed by atoms with E-state index in [-0.39, 0.29) is 17.6 Å². The minimum Gasteiger partial charge on any atom is -0.480 e. The van der Waals surface area contributed by atoms with E-state index in [4.69, 9.17) is 10.8 Å². The molecule has 0 radical (unpaired) electrons. The molecule has 2 amide bonds. The molecule has 5 N–H and O–H groups in total. The van der Waals surface area contributed by atoms with E-state index in [0.717, 1.165) is 0 Å². The molecule has 122 valence electrons. The number of hydrogen-bond donors (Lipinski definition) is 5. The van der Waals surface area contributed by atoms with E-state index >= 15 is 0 Å². The van der Waals surface area contributed by atoms with Gasteiger partial charge >= 0.3 is 5.97 Å². The van der Waals surface area contributed by atoms with Crippen LogP contribution in [0.15, 0.2) is 0 Å². The van der Waals surface area contributed by atoms with Crippen LogP contribution in [0.5, 0.6) is 0 Å². The third kappa shape index (κ3) is 6.34. The number of nitrogens with one attached hydrogen (secondary N) is 2. The van der Waals surface area contributed by atoms with Crippen LogP contribution in [-0.4, -0.2) is 46.8 Å². The molecular weight excluding hydrogens is 294 g/mol. The minimum absolute atomic E-state index is 0.155. The van der Waals surface area contributed by atoms with E-state index < -0.39 is 35.9 Å². The summed E-state index contributed by atoms with van der Waals surface area (Å²) in [6, 6.07) is -2.67. The van der Waals surface area contributed by atoms with Gasteiger partial charge in [0.05, 0.1) is 6.04 Å². The highest BCUT2D eigenvalue weighted by atomic mass is 32.1. The molecule has 0 fully saturated rings. The first-order chi connectivity index (χ1) is 9.61. The smallest absolute Gasteiger partial charge is 0.326 e. The van der Waals surface area contributed by atoms with Gasteiger partial charge in [0.15, 0.2) is 0 Å². The molecule has 0 aromatic rings. The van der Waals surface area contributed by atoms with Crippen LogP contribution in [0.3, 0.4) is 0 Å². The van der Waals surface area contributed by atoms with Crippen molar-refractivity contribution in [2.45, 2.75) is 45.8 Å². The van der Waals surface area contributed by atoms with Gasteiger partial charge in [-0.1, -0.05) is 27.7 Å². The maximum Gasteiger partial charge on any atom is 0.326 e. The Hall–Kier alpha value is -1.28. The molecule has 0 saturated carbocycles. The zero-order valence-corrected chi connectivity index (χ0v) is 13.7. The number of carbonyl (C=O) groups is 3. The average molecular weight is 319 g/mol. The normalized spacial score (nSPS) is 15.4. The van der Waals surface area contributed by atoms with E-state index in [1.54, 1.807) is 27.7 Å². The molecule has 0 aliphatic heterocycles. The van der Waals surface area contributed by atoms with Crippen molar-refractivity contribution >= 4 is 30.4 Å². The van der Waals surface area contributed by atoms with Gasteiger partial charge in [-0.05, 0) is 11.8 Å². The highest BCUT2D eigenvalue weighted by Gasteiger charge is 2.30. The molecule has 0 aliphatic carbocycles. The molecule has 0 rings (SSSR count). The highest BCUT2D eigenvalue weighted by molar-refractivity contribution is 7.80. The Morgan fingerprint density at radius 3 is 1.76 bits per heavy atom. The molecule has 3 atom stereocenters. The van der Waals surface area contributed by atoms with Gasteiger partial charge in [0.1, 0.15) is 12.1 Å². The standard InChI is InChI=1S/C13H25N3O4S/c1-6(2)9(15-11(17)8(14)5-21)12(18)16-10(7(3)4)13(19)20/h6-10,21H,5,14H2,1-4H3,(H,15,17)(H,16,18)(H,19,20)/t8-,9-,10-/m0/s1. The molecule has 0 aromatic heterocycles. The lowest BCUT2D eigenvalue weighted by Crippen LogP contribution is -2.57. The number of aliphatic carboxylic acids is 1. The highest BCUT2D eigenvalue weighted by Crippen LogP contribution is 2.06. The predicted octanol–water partition coefficient (Wildman–Crippen LogP) is -0.390. The summed E-state index contributed by atoms with van der Waals surface area (Å²) < 4.78 is 0. The van der Waals surface area contributed by atoms with Gasteiger partial charge in [0, 0.05) is 5.75 Å². The minimum atomic E-state index is -1.11. The van der Waals surface area contributed by atoms with E-state index in [1.165, 1.54) is 0 Å². The summed E-state index contributed by atoms with van der Waals surface area (Å²) in [5.74, 6) is -2.46. The van der Waals surface area contributed by atoms with Crippen LogP contribution in [0.25, 0.3) is 0 Å². The van der Waals surface area contributed by atoms with Gasteiger partial charge in [0.2, 0.25) is 11.8 Å². The van der Waals surface area contributed by atoms with E-state index in [1.807, 2.05) is 0 Å². The number of carboxylic acids is 1. The second-order valence-electron chi connectivity index (χ2n) is 5.59. The van der Waals surface area contributed by atoms with Crippen LogP contribution < -0.4 is 16.4 Å². The largest absolute Gasteiger partial charge is 0.480 e. The number of hydrogen-bond acceptors (Lipinski definition) is 5. The summed E-state index contributed by atoms with van der Waals surface area (Å²) >= 11 is 3.93. The van der Waals surface area contributed by atoms with Gasteiger partial charge in [-0.25, -0.2) is 4.79 Å². The summed E-state index contributed by atoms with van der Waals surface area (Å²) in [5.41, 5.74) is 5.55. The number of nitrogens with two attached hydrogens (primary N) is 1. The average Bonchev–Trinajstić information content (AvgIpc) is 2.39. The van der Waals surface area contributed by atoms with Crippen molar-refractivity contribution in [1.29, 1.82) is 0 Å². The monoisotopic (exact) mass is 319 g/mol. The molecule has 8 heteroatoms. The van der Waals surface area contributed by atoms with Crippen molar-refractivity contribution in [3.8, 4) is 0 Å². The van der Waals surface area contributed by atoms with E-state index in [9.17, 15) is 14.4 Å². The van der Waals surface area contributed by atoms with Crippen LogP contribution in [0.1, 0.15) is 27.7 Å². The van der Waals surface area contributed by atoms with Crippen LogP contribution in [-0.2, 0) is 14.4 Å². The summed E-state index contributed by atoms with van der Waals surface area (Å²) in [7, 11) is 0. The Kier molecular flexibility index (Phi) is 8.34. The summed E-state index contributed by atoms with van der Waals surface area (Å²) in [4.78, 5) is 35.1. The number of rotatable bonds is 8. The van der Waals surface area contributed by atoms with Crippen LogP contribution >= 0.6 is 12.6 Å². The second-order valence-corrected chi connectivity index (χ2v) is 5.95. The van der Waals surface area contributed by atoms with Gasteiger partial charge in [-0.15, -0.1) is 0 Å². The zero-order chi connectivity index (χ0) is 16.7. The molecule has 0 heterocycles. The Morgan fingerprint density at radius 1 is 1.00 bits per heavy atom. The van der Waals surface area contributed by atoms with Gasteiger partial charge < -0.3 is 21.5 Å². The first kappa shape index (κ1) is 19.7. The maximum atomic E-state index is 12.2. The number of carbonyl (C=O) groups excluding carboxylic acids is 2. The zero-order valence-electron chi connectivity index (χ0n) is 12.8. The fourth-order valence-corrected chi connectivity index (χ4v) is 1.80. The lowest BCUT2D eigenvalue weighted by molar-refractivity contribution is -0.143. The molecule has 0 bridgehead atoms. The summed E-state index contributed by atoms with van der Waals surface area (Å²) in [5, 5.41) is 14.1. The quantitative estimate of drug-likeness (QED) is 0.390. The Bertz CT molecular complexity index is 388. The summed E-state index contributed by atoms with van der Waals surface area (Å²) in [6.07, 6.45) is 0. The SMILES string of the molecule is CC(C)[C@H](NC(=O)[C@@H](NC(=O)[C@@H](N)CS)C(C)C)C(=O)O. The van der Waals surface area contributed by atoms with Gasteiger partial charge in [-0.2, -0.15) is 12.6 Å². The Balaban J connectivity index is 4.92. The van der Waals surface area contributed by atoms with E-state index in [0.29, 0.717) is 0 Å². The Labute approximate surface area is 130 Å². The fourth-order valence-electron chi connectivity index (χ4n) is 1.63. The van der Waals surface area contributed by atoms with Crippen molar-refractivity contribution in [3.63, 3.8) is 0 Å². The van der Waals surface area contributed by atoms with Crippen LogP contribution in [0, 0.1) is 11.8 Å². The second kappa shape index (κ2) is 8.89.